The van der Waals surface area contributed by atoms with Gasteiger partial charge in [0.25, 0.3) is 0 Å². The SMILES string of the molecule is CC(=O)N1CCCNC(=O)[C@H](Cc2ccccc2)NC(=O)CN(C)C(=O)[C@H](C(C)C)NC(=O)[C@H]1C. The average Bonchev–Trinajstić information content (AvgIpc) is 2.80. The molecule has 192 valence electrons. The van der Waals surface area contributed by atoms with Crippen molar-refractivity contribution in [3.05, 3.63) is 35.9 Å². The summed E-state index contributed by atoms with van der Waals surface area (Å²) >= 11 is 0. The fraction of sp³-hybridized carbons (Fsp3) is 0.560. The molecule has 0 radical (unpaired) electrons. The summed E-state index contributed by atoms with van der Waals surface area (Å²) in [5.74, 6) is -2.24. The van der Waals surface area contributed by atoms with Crippen LogP contribution in [0, 0.1) is 5.92 Å². The third-order valence-electron chi connectivity index (χ3n) is 6.05. The highest BCUT2D eigenvalue weighted by Gasteiger charge is 2.32. The van der Waals surface area contributed by atoms with Crippen molar-refractivity contribution in [3.63, 3.8) is 0 Å². The van der Waals surface area contributed by atoms with E-state index in [9.17, 15) is 24.0 Å². The van der Waals surface area contributed by atoms with Gasteiger partial charge < -0.3 is 25.8 Å². The molecule has 3 atom stereocenters. The van der Waals surface area contributed by atoms with E-state index in [1.54, 1.807) is 20.8 Å². The first kappa shape index (κ1) is 27.8. The molecule has 1 fully saturated rings. The van der Waals surface area contributed by atoms with Crippen LogP contribution in [0.15, 0.2) is 30.3 Å². The Morgan fingerprint density at radius 1 is 1.06 bits per heavy atom. The summed E-state index contributed by atoms with van der Waals surface area (Å²) in [7, 11) is 1.48. The van der Waals surface area contributed by atoms with Crippen LogP contribution < -0.4 is 16.0 Å². The van der Waals surface area contributed by atoms with Gasteiger partial charge in [0.05, 0.1) is 6.54 Å². The lowest BCUT2D eigenvalue weighted by Gasteiger charge is -2.32. The van der Waals surface area contributed by atoms with Crippen LogP contribution in [0.3, 0.4) is 0 Å². The Morgan fingerprint density at radius 3 is 2.31 bits per heavy atom. The zero-order chi connectivity index (χ0) is 26.1. The minimum absolute atomic E-state index is 0.245. The smallest absolute Gasteiger partial charge is 0.245 e. The minimum Gasteiger partial charge on any atom is -0.354 e. The molecule has 0 spiro atoms. The standard InChI is InChI=1S/C25H37N5O5/c1-16(2)22-25(35)29(5)15-21(32)27-20(14-19-10-7-6-8-11-19)24(34)26-12-9-13-30(18(4)31)17(3)23(33)28-22/h6-8,10-11,16-17,20,22H,9,12-15H2,1-5H3,(H,26,34)(H,27,32)(H,28,33)/t17-,20+,22+/m1/s1. The summed E-state index contributed by atoms with van der Waals surface area (Å²) in [6.07, 6.45) is 0.710. The number of carbonyl (C=O) groups is 5. The second-order valence-electron chi connectivity index (χ2n) is 9.27. The molecule has 5 amide bonds. The molecular weight excluding hydrogens is 450 g/mol. The van der Waals surface area contributed by atoms with Crippen molar-refractivity contribution >= 4 is 29.5 Å². The molecule has 1 heterocycles. The zero-order valence-electron chi connectivity index (χ0n) is 21.2. The fourth-order valence-corrected chi connectivity index (χ4v) is 3.97. The van der Waals surface area contributed by atoms with Gasteiger partial charge in [-0.25, -0.2) is 0 Å². The van der Waals surface area contributed by atoms with Gasteiger partial charge in [-0.1, -0.05) is 44.2 Å². The Kier molecular flexibility index (Phi) is 10.2. The van der Waals surface area contributed by atoms with E-state index in [4.69, 9.17) is 0 Å². The van der Waals surface area contributed by atoms with Crippen LogP contribution in [0.5, 0.6) is 0 Å². The summed E-state index contributed by atoms with van der Waals surface area (Å²) in [5, 5.41) is 8.30. The zero-order valence-corrected chi connectivity index (χ0v) is 21.2. The maximum Gasteiger partial charge on any atom is 0.245 e. The lowest BCUT2D eigenvalue weighted by molar-refractivity contribution is -0.142. The summed E-state index contributed by atoms with van der Waals surface area (Å²) in [6, 6.07) is 6.82. The number of hydrogen-bond acceptors (Lipinski definition) is 5. The van der Waals surface area contributed by atoms with Crippen LogP contribution in [0.25, 0.3) is 0 Å². The van der Waals surface area contributed by atoms with Crippen molar-refractivity contribution in [2.45, 2.75) is 58.7 Å². The van der Waals surface area contributed by atoms with Gasteiger partial charge in [0.1, 0.15) is 18.1 Å². The number of hydrogen-bond donors (Lipinski definition) is 3. The molecule has 0 saturated carbocycles. The van der Waals surface area contributed by atoms with Gasteiger partial charge in [-0.15, -0.1) is 0 Å². The van der Waals surface area contributed by atoms with Gasteiger partial charge in [0.2, 0.25) is 29.5 Å². The lowest BCUT2D eigenvalue weighted by atomic mass is 10.0. The number of nitrogens with one attached hydrogen (secondary N) is 3. The van der Waals surface area contributed by atoms with E-state index < -0.39 is 35.8 Å². The van der Waals surface area contributed by atoms with Crippen LogP contribution in [0.1, 0.15) is 39.7 Å². The summed E-state index contributed by atoms with van der Waals surface area (Å²) in [4.78, 5) is 66.6. The number of rotatable bonds is 3. The summed E-state index contributed by atoms with van der Waals surface area (Å²) in [6.45, 7) is 6.82. The van der Waals surface area contributed by atoms with Crippen LogP contribution >= 0.6 is 0 Å². The molecule has 0 aliphatic carbocycles. The molecular formula is C25H37N5O5. The van der Waals surface area contributed by atoms with E-state index in [1.807, 2.05) is 30.3 Å². The number of benzene rings is 1. The molecule has 3 N–H and O–H groups in total. The van der Waals surface area contributed by atoms with Crippen molar-refractivity contribution < 1.29 is 24.0 Å². The van der Waals surface area contributed by atoms with Gasteiger partial charge in [0, 0.05) is 33.5 Å². The largest absolute Gasteiger partial charge is 0.354 e. The summed E-state index contributed by atoms with van der Waals surface area (Å²) in [5.41, 5.74) is 0.881. The Labute approximate surface area is 206 Å². The minimum atomic E-state index is -0.868. The third kappa shape index (κ3) is 8.08. The van der Waals surface area contributed by atoms with E-state index in [0.29, 0.717) is 6.42 Å². The first-order chi connectivity index (χ1) is 16.5. The summed E-state index contributed by atoms with van der Waals surface area (Å²) < 4.78 is 0. The molecule has 35 heavy (non-hydrogen) atoms. The lowest BCUT2D eigenvalue weighted by Crippen LogP contribution is -2.57. The van der Waals surface area contributed by atoms with Crippen LogP contribution in [0.2, 0.25) is 0 Å². The van der Waals surface area contributed by atoms with Gasteiger partial charge in [-0.3, -0.25) is 24.0 Å². The quantitative estimate of drug-likeness (QED) is 0.556. The molecule has 1 aromatic rings. The van der Waals surface area contributed by atoms with Gasteiger partial charge >= 0.3 is 0 Å². The third-order valence-corrected chi connectivity index (χ3v) is 6.05. The van der Waals surface area contributed by atoms with E-state index in [-0.39, 0.29) is 43.8 Å². The normalized spacial score (nSPS) is 23.5. The van der Waals surface area contributed by atoms with Crippen molar-refractivity contribution in [1.82, 2.24) is 25.8 Å². The van der Waals surface area contributed by atoms with E-state index >= 15 is 0 Å². The molecule has 0 aromatic heterocycles. The van der Waals surface area contributed by atoms with Crippen LogP contribution in [0.4, 0.5) is 0 Å². The topological polar surface area (TPSA) is 128 Å². The van der Waals surface area contributed by atoms with E-state index in [1.165, 1.54) is 23.8 Å². The highest BCUT2D eigenvalue weighted by molar-refractivity contribution is 5.94. The fourth-order valence-electron chi connectivity index (χ4n) is 3.97. The number of carbonyl (C=O) groups excluding carboxylic acids is 5. The number of amides is 5. The molecule has 1 saturated heterocycles. The monoisotopic (exact) mass is 487 g/mol. The Bertz CT molecular complexity index is 920. The average molecular weight is 488 g/mol. The van der Waals surface area contributed by atoms with E-state index in [2.05, 4.69) is 16.0 Å². The highest BCUT2D eigenvalue weighted by Crippen LogP contribution is 2.10. The predicted octanol–water partition coefficient (Wildman–Crippen LogP) is 0.0700. The second-order valence-corrected chi connectivity index (χ2v) is 9.27. The maximum absolute atomic E-state index is 13.1. The molecule has 10 nitrogen and oxygen atoms in total. The van der Waals surface area contributed by atoms with Crippen molar-refractivity contribution in [3.8, 4) is 0 Å². The molecule has 1 aromatic carbocycles. The van der Waals surface area contributed by atoms with Crippen molar-refractivity contribution in [2.75, 3.05) is 26.7 Å². The second kappa shape index (κ2) is 12.9. The molecule has 10 heteroatoms. The van der Waals surface area contributed by atoms with Gasteiger partial charge in [-0.05, 0) is 24.8 Å². The maximum atomic E-state index is 13.1. The Balaban J connectivity index is 2.30. The molecule has 0 bridgehead atoms. The first-order valence-electron chi connectivity index (χ1n) is 11.9. The van der Waals surface area contributed by atoms with Crippen molar-refractivity contribution in [2.24, 2.45) is 5.92 Å². The Morgan fingerprint density at radius 2 is 1.71 bits per heavy atom. The molecule has 0 unspecified atom stereocenters. The highest BCUT2D eigenvalue weighted by atomic mass is 16.2. The molecule has 1 aliphatic heterocycles. The molecule has 2 rings (SSSR count). The van der Waals surface area contributed by atoms with E-state index in [0.717, 1.165) is 5.56 Å². The number of likely N-dealkylation sites (N-methyl/N-ethyl adjacent to an activating group) is 1. The molecule has 1 aliphatic rings. The predicted molar refractivity (Wildman–Crippen MR) is 131 cm³/mol. The Hall–Kier alpha value is -3.43. The number of nitrogens with zero attached hydrogens (tertiary/aromatic N) is 2. The van der Waals surface area contributed by atoms with Gasteiger partial charge in [-0.2, -0.15) is 0 Å². The van der Waals surface area contributed by atoms with Crippen molar-refractivity contribution in [1.29, 1.82) is 0 Å². The van der Waals surface area contributed by atoms with Gasteiger partial charge in [0.15, 0.2) is 0 Å². The first-order valence-corrected chi connectivity index (χ1v) is 11.9. The van der Waals surface area contributed by atoms with Crippen LogP contribution in [-0.2, 0) is 30.4 Å². The van der Waals surface area contributed by atoms with Crippen LogP contribution in [-0.4, -0.2) is 84.1 Å².